The van der Waals surface area contributed by atoms with Crippen molar-refractivity contribution in [3.8, 4) is 0 Å². The van der Waals surface area contributed by atoms with Crippen LogP contribution >= 0.6 is 0 Å². The Morgan fingerprint density at radius 2 is 1.58 bits per heavy atom. The van der Waals surface area contributed by atoms with Gasteiger partial charge in [0.15, 0.2) is 11.6 Å². The number of piperazine rings is 1. The molecule has 0 atom stereocenters. The van der Waals surface area contributed by atoms with Gasteiger partial charge in [-0.2, -0.15) is 9.97 Å². The van der Waals surface area contributed by atoms with E-state index in [0.717, 1.165) is 25.0 Å². The molecule has 3 heterocycles. The van der Waals surface area contributed by atoms with Crippen molar-refractivity contribution >= 4 is 29.1 Å². The molecule has 1 saturated heterocycles. The highest BCUT2D eigenvalue weighted by atomic mass is 19.2. The van der Waals surface area contributed by atoms with Crippen LogP contribution in [0.1, 0.15) is 0 Å². The zero-order chi connectivity index (χ0) is 22.0. The summed E-state index contributed by atoms with van der Waals surface area (Å²) in [6.07, 6.45) is 1.76. The number of anilines is 5. The molecule has 1 aliphatic rings. The fourth-order valence-electron chi connectivity index (χ4n) is 3.29. The van der Waals surface area contributed by atoms with Crippen molar-refractivity contribution < 1.29 is 13.2 Å². The molecular weight excluding hydrogens is 407 g/mol. The molecule has 3 aromatic rings. The van der Waals surface area contributed by atoms with Crippen LogP contribution in [0.3, 0.4) is 0 Å². The van der Waals surface area contributed by atoms with E-state index in [-0.39, 0.29) is 11.5 Å². The maximum atomic E-state index is 14.1. The third-order valence-electron chi connectivity index (χ3n) is 4.97. The van der Waals surface area contributed by atoms with E-state index in [4.69, 9.17) is 0 Å². The smallest absolute Gasteiger partial charge is 0.229 e. The Balaban J connectivity index is 1.56. The van der Waals surface area contributed by atoms with Crippen molar-refractivity contribution in [2.24, 2.45) is 0 Å². The number of rotatable bonds is 5. The fraction of sp³-hybridized carbons (Fsp3) is 0.286. The summed E-state index contributed by atoms with van der Waals surface area (Å²) < 4.78 is 40.9. The third-order valence-corrected chi connectivity index (χ3v) is 4.97. The topological polar surface area (TPSA) is 60.4 Å². The average molecular weight is 429 g/mol. The molecule has 162 valence electrons. The molecule has 0 bridgehead atoms. The second-order valence-electron chi connectivity index (χ2n) is 7.34. The predicted molar refractivity (Wildman–Crippen MR) is 115 cm³/mol. The van der Waals surface area contributed by atoms with Crippen LogP contribution in [0.15, 0.2) is 42.6 Å². The molecular formula is C21H22F3N7. The molecule has 1 aromatic carbocycles. The molecule has 7 nitrogen and oxygen atoms in total. The van der Waals surface area contributed by atoms with E-state index in [0.29, 0.717) is 30.9 Å². The summed E-state index contributed by atoms with van der Waals surface area (Å²) in [4.78, 5) is 19.5. The normalized spacial score (nSPS) is 14.0. The molecule has 1 aliphatic heterocycles. The highest BCUT2D eigenvalue weighted by Crippen LogP contribution is 2.26. The molecule has 0 aliphatic carbocycles. The fourth-order valence-corrected chi connectivity index (χ4v) is 3.29. The van der Waals surface area contributed by atoms with Crippen molar-refractivity contribution in [1.29, 1.82) is 0 Å². The lowest BCUT2D eigenvalue weighted by Crippen LogP contribution is -2.47. The van der Waals surface area contributed by atoms with Crippen molar-refractivity contribution in [3.63, 3.8) is 0 Å². The van der Waals surface area contributed by atoms with Crippen LogP contribution in [0.5, 0.6) is 0 Å². The molecule has 0 amide bonds. The van der Waals surface area contributed by atoms with Crippen LogP contribution in [0.4, 0.5) is 42.3 Å². The lowest BCUT2D eigenvalue weighted by atomic mass is 10.2. The number of pyridine rings is 1. The van der Waals surface area contributed by atoms with E-state index in [1.807, 2.05) is 37.2 Å². The second-order valence-corrected chi connectivity index (χ2v) is 7.34. The average Bonchev–Trinajstić information content (AvgIpc) is 2.78. The Hall–Kier alpha value is -3.56. The van der Waals surface area contributed by atoms with Gasteiger partial charge < -0.3 is 20.0 Å². The van der Waals surface area contributed by atoms with Gasteiger partial charge in [-0.3, -0.25) is 0 Å². The van der Waals surface area contributed by atoms with Crippen molar-refractivity contribution in [1.82, 2.24) is 15.0 Å². The molecule has 31 heavy (non-hydrogen) atoms. The summed E-state index contributed by atoms with van der Waals surface area (Å²) in [5, 5.41) is 2.74. The van der Waals surface area contributed by atoms with E-state index in [9.17, 15) is 13.2 Å². The van der Waals surface area contributed by atoms with Crippen molar-refractivity contribution in [2.75, 3.05) is 60.3 Å². The number of hydrogen-bond donors (Lipinski definition) is 1. The van der Waals surface area contributed by atoms with E-state index >= 15 is 0 Å². The molecule has 0 spiro atoms. The third kappa shape index (κ3) is 4.62. The highest BCUT2D eigenvalue weighted by molar-refractivity contribution is 5.62. The van der Waals surface area contributed by atoms with Gasteiger partial charge >= 0.3 is 0 Å². The van der Waals surface area contributed by atoms with Gasteiger partial charge in [0.05, 0.1) is 5.69 Å². The van der Waals surface area contributed by atoms with Gasteiger partial charge in [-0.1, -0.05) is 6.07 Å². The standard InChI is InChI=1S/C21H22F3N7/c1-29(2)20-13-18(26-17-12-15(23)14(22)11-16(17)24)27-21(28-20)31-9-7-30(8-10-31)19-5-3-4-6-25-19/h3-6,11-13H,7-10H2,1-2H3,(H,26,27,28). The minimum atomic E-state index is -1.24. The summed E-state index contributed by atoms with van der Waals surface area (Å²) in [7, 11) is 3.65. The van der Waals surface area contributed by atoms with Gasteiger partial charge in [-0.15, -0.1) is 0 Å². The van der Waals surface area contributed by atoms with Crippen LogP contribution in [-0.2, 0) is 0 Å². The first-order valence-electron chi connectivity index (χ1n) is 9.79. The molecule has 4 rings (SSSR count). The van der Waals surface area contributed by atoms with Crippen LogP contribution in [0.2, 0.25) is 0 Å². The summed E-state index contributed by atoms with van der Waals surface area (Å²) in [6.45, 7) is 2.83. The van der Waals surface area contributed by atoms with Gasteiger partial charge in [-0.05, 0) is 12.1 Å². The predicted octanol–water partition coefficient (Wildman–Crippen LogP) is 3.43. The Labute approximate surface area is 178 Å². The molecule has 0 saturated carbocycles. The first-order chi connectivity index (χ1) is 14.9. The molecule has 1 N–H and O–H groups in total. The quantitative estimate of drug-likeness (QED) is 0.624. The molecule has 10 heteroatoms. The number of aromatic nitrogens is 3. The lowest BCUT2D eigenvalue weighted by molar-refractivity contribution is 0.496. The first-order valence-corrected chi connectivity index (χ1v) is 9.79. The number of nitrogens with one attached hydrogen (secondary N) is 1. The number of halogens is 3. The Kier molecular flexibility index (Phi) is 5.79. The van der Waals surface area contributed by atoms with Crippen LogP contribution in [0, 0.1) is 17.5 Å². The zero-order valence-corrected chi connectivity index (χ0v) is 17.2. The van der Waals surface area contributed by atoms with Gasteiger partial charge in [0.25, 0.3) is 0 Å². The largest absolute Gasteiger partial charge is 0.363 e. The van der Waals surface area contributed by atoms with E-state index in [1.54, 1.807) is 17.2 Å². The minimum Gasteiger partial charge on any atom is -0.363 e. The summed E-state index contributed by atoms with van der Waals surface area (Å²) in [5.41, 5.74) is -0.201. The SMILES string of the molecule is CN(C)c1cc(Nc2cc(F)c(F)cc2F)nc(N2CCN(c3ccccn3)CC2)n1. The summed E-state index contributed by atoms with van der Waals surface area (Å²) in [6, 6.07) is 8.70. The summed E-state index contributed by atoms with van der Waals surface area (Å²) in [5.74, 6) is -1.02. The first kappa shape index (κ1) is 20.7. The molecule has 0 unspecified atom stereocenters. The Bertz CT molecular complexity index is 1050. The van der Waals surface area contributed by atoms with Crippen molar-refractivity contribution in [2.45, 2.75) is 0 Å². The van der Waals surface area contributed by atoms with Crippen LogP contribution in [0.25, 0.3) is 0 Å². The van der Waals surface area contributed by atoms with Gasteiger partial charge in [-0.25, -0.2) is 18.2 Å². The van der Waals surface area contributed by atoms with Crippen molar-refractivity contribution in [3.05, 3.63) is 60.0 Å². The lowest BCUT2D eigenvalue weighted by Gasteiger charge is -2.35. The number of nitrogens with zero attached hydrogens (tertiary/aromatic N) is 6. The second kappa shape index (κ2) is 8.66. The van der Waals surface area contributed by atoms with Crippen LogP contribution < -0.4 is 20.0 Å². The Morgan fingerprint density at radius 1 is 0.871 bits per heavy atom. The van der Waals surface area contributed by atoms with Gasteiger partial charge in [0.2, 0.25) is 5.95 Å². The van der Waals surface area contributed by atoms with Gasteiger partial charge in [0.1, 0.15) is 23.3 Å². The van der Waals surface area contributed by atoms with Crippen LogP contribution in [-0.4, -0.2) is 55.2 Å². The summed E-state index contributed by atoms with van der Waals surface area (Å²) >= 11 is 0. The maximum absolute atomic E-state index is 14.1. The number of benzene rings is 1. The zero-order valence-electron chi connectivity index (χ0n) is 17.2. The molecule has 0 radical (unpaired) electrons. The highest BCUT2D eigenvalue weighted by Gasteiger charge is 2.21. The van der Waals surface area contributed by atoms with Gasteiger partial charge in [0, 0.05) is 64.7 Å². The monoisotopic (exact) mass is 429 g/mol. The van der Waals surface area contributed by atoms with E-state index in [2.05, 4.69) is 25.2 Å². The maximum Gasteiger partial charge on any atom is 0.229 e. The number of hydrogen-bond acceptors (Lipinski definition) is 7. The molecule has 1 fully saturated rings. The minimum absolute atomic E-state index is 0.201. The van der Waals surface area contributed by atoms with E-state index < -0.39 is 17.5 Å². The molecule has 2 aromatic heterocycles. The van der Waals surface area contributed by atoms with E-state index in [1.165, 1.54) is 0 Å². The Morgan fingerprint density at radius 3 is 2.26 bits per heavy atom.